The fourth-order valence-electron chi connectivity index (χ4n) is 3.11. The number of nitrogens with zero attached hydrogens (tertiary/aromatic N) is 1. The van der Waals surface area contributed by atoms with Gasteiger partial charge in [-0.05, 0) is 25.8 Å². The summed E-state index contributed by atoms with van der Waals surface area (Å²) in [7, 11) is 0. The SMILES string of the molecule is CCC(=O)[C@H]1C[C@]1(C(=O)N(CC)CC)c1ccccc1. The fourth-order valence-corrected chi connectivity index (χ4v) is 3.11. The first kappa shape index (κ1) is 14.8. The van der Waals surface area contributed by atoms with Gasteiger partial charge in [-0.25, -0.2) is 0 Å². The lowest BCUT2D eigenvalue weighted by Gasteiger charge is -2.26. The first-order chi connectivity index (χ1) is 9.61. The molecule has 0 aromatic heterocycles. The van der Waals surface area contributed by atoms with Crippen LogP contribution in [0, 0.1) is 5.92 Å². The second-order valence-electron chi connectivity index (χ2n) is 5.39. The number of rotatable bonds is 6. The summed E-state index contributed by atoms with van der Waals surface area (Å²) in [6, 6.07) is 9.78. The molecule has 3 heteroatoms. The largest absolute Gasteiger partial charge is 0.342 e. The van der Waals surface area contributed by atoms with Gasteiger partial charge in [0.25, 0.3) is 0 Å². The van der Waals surface area contributed by atoms with Crippen LogP contribution in [0.5, 0.6) is 0 Å². The molecule has 2 rings (SSSR count). The van der Waals surface area contributed by atoms with Gasteiger partial charge >= 0.3 is 0 Å². The van der Waals surface area contributed by atoms with Gasteiger partial charge in [0.05, 0.1) is 5.41 Å². The van der Waals surface area contributed by atoms with E-state index in [4.69, 9.17) is 0 Å². The first-order valence-electron chi connectivity index (χ1n) is 7.49. The first-order valence-corrected chi connectivity index (χ1v) is 7.49. The Labute approximate surface area is 121 Å². The summed E-state index contributed by atoms with van der Waals surface area (Å²) in [5.74, 6) is 0.179. The highest BCUT2D eigenvalue weighted by molar-refractivity contribution is 6.01. The number of hydrogen-bond donors (Lipinski definition) is 0. The van der Waals surface area contributed by atoms with E-state index in [1.54, 1.807) is 0 Å². The lowest BCUT2D eigenvalue weighted by atomic mass is 9.90. The van der Waals surface area contributed by atoms with Gasteiger partial charge in [-0.1, -0.05) is 37.3 Å². The zero-order chi connectivity index (χ0) is 14.8. The van der Waals surface area contributed by atoms with E-state index in [0.717, 1.165) is 5.56 Å². The Hall–Kier alpha value is -1.64. The number of carbonyl (C=O) groups excluding carboxylic acids is 2. The van der Waals surface area contributed by atoms with Crippen molar-refractivity contribution >= 4 is 11.7 Å². The van der Waals surface area contributed by atoms with E-state index in [0.29, 0.717) is 25.9 Å². The molecule has 1 aromatic rings. The zero-order valence-electron chi connectivity index (χ0n) is 12.6. The monoisotopic (exact) mass is 273 g/mol. The van der Waals surface area contributed by atoms with Crippen LogP contribution in [0.15, 0.2) is 30.3 Å². The summed E-state index contributed by atoms with van der Waals surface area (Å²) in [5, 5.41) is 0. The average Bonchev–Trinajstić information content (AvgIpc) is 3.25. The standard InChI is InChI=1S/C17H23NO2/c1-4-15(19)14-12-17(14,13-10-8-7-9-11-13)16(20)18(5-2)6-3/h7-11,14H,4-6,12H2,1-3H3/t14-,17+/m1/s1. The Balaban J connectivity index is 2.38. The van der Waals surface area contributed by atoms with E-state index in [1.807, 2.05) is 56.0 Å². The highest BCUT2D eigenvalue weighted by Gasteiger charge is 2.64. The quantitative estimate of drug-likeness (QED) is 0.799. The van der Waals surface area contributed by atoms with Gasteiger partial charge in [0.15, 0.2) is 0 Å². The van der Waals surface area contributed by atoms with E-state index in [9.17, 15) is 9.59 Å². The summed E-state index contributed by atoms with van der Waals surface area (Å²) in [6.07, 6.45) is 1.17. The summed E-state index contributed by atoms with van der Waals surface area (Å²) in [5.41, 5.74) is 0.393. The Morgan fingerprint density at radius 3 is 2.25 bits per heavy atom. The topological polar surface area (TPSA) is 37.4 Å². The smallest absolute Gasteiger partial charge is 0.233 e. The highest BCUT2D eigenvalue weighted by atomic mass is 16.2. The number of benzene rings is 1. The van der Waals surface area contributed by atoms with Crippen LogP contribution in [0.25, 0.3) is 0 Å². The number of ketones is 1. The van der Waals surface area contributed by atoms with Crippen molar-refractivity contribution in [3.8, 4) is 0 Å². The van der Waals surface area contributed by atoms with Gasteiger partial charge in [-0.3, -0.25) is 9.59 Å². The lowest BCUT2D eigenvalue weighted by molar-refractivity contribution is -0.135. The third-order valence-corrected chi connectivity index (χ3v) is 4.42. The Bertz CT molecular complexity index is 493. The third-order valence-electron chi connectivity index (χ3n) is 4.42. The minimum atomic E-state index is -0.597. The molecule has 1 amide bonds. The molecule has 0 radical (unpaired) electrons. The molecule has 0 spiro atoms. The van der Waals surface area contributed by atoms with E-state index in [-0.39, 0.29) is 17.6 Å². The second kappa shape index (κ2) is 5.78. The molecule has 0 saturated heterocycles. The minimum absolute atomic E-state index is 0.112. The molecule has 0 heterocycles. The van der Waals surface area contributed by atoms with Gasteiger partial charge in [0.2, 0.25) is 5.91 Å². The van der Waals surface area contributed by atoms with Gasteiger partial charge in [0, 0.05) is 25.4 Å². The molecule has 1 aliphatic rings. The zero-order valence-corrected chi connectivity index (χ0v) is 12.6. The summed E-state index contributed by atoms with van der Waals surface area (Å²) >= 11 is 0. The van der Waals surface area contributed by atoms with Crippen molar-refractivity contribution in [2.24, 2.45) is 5.92 Å². The number of hydrogen-bond acceptors (Lipinski definition) is 2. The molecule has 0 bridgehead atoms. The van der Waals surface area contributed by atoms with E-state index in [1.165, 1.54) is 0 Å². The summed E-state index contributed by atoms with van der Waals surface area (Å²) in [4.78, 5) is 26.8. The number of carbonyl (C=O) groups is 2. The van der Waals surface area contributed by atoms with E-state index < -0.39 is 5.41 Å². The molecule has 0 aliphatic heterocycles. The molecular weight excluding hydrogens is 250 g/mol. The molecule has 0 N–H and O–H groups in total. The van der Waals surface area contributed by atoms with Crippen LogP contribution in [-0.4, -0.2) is 29.7 Å². The lowest BCUT2D eigenvalue weighted by Crippen LogP contribution is -2.41. The number of Topliss-reactive ketones (excluding diaryl/α,β-unsaturated/α-hetero) is 1. The van der Waals surface area contributed by atoms with Gasteiger partial charge in [-0.15, -0.1) is 0 Å². The second-order valence-corrected chi connectivity index (χ2v) is 5.39. The molecule has 1 aliphatic carbocycles. The molecule has 0 unspecified atom stereocenters. The summed E-state index contributed by atoms with van der Waals surface area (Å²) in [6.45, 7) is 7.23. The summed E-state index contributed by atoms with van der Waals surface area (Å²) < 4.78 is 0. The normalized spacial score (nSPS) is 24.2. The van der Waals surface area contributed by atoms with Crippen molar-refractivity contribution in [1.82, 2.24) is 4.90 Å². The highest BCUT2D eigenvalue weighted by Crippen LogP contribution is 2.56. The van der Waals surface area contributed by atoms with Crippen LogP contribution < -0.4 is 0 Å². The van der Waals surface area contributed by atoms with Gasteiger partial charge in [0.1, 0.15) is 5.78 Å². The van der Waals surface area contributed by atoms with Crippen LogP contribution in [0.2, 0.25) is 0 Å². The van der Waals surface area contributed by atoms with Crippen LogP contribution in [0.4, 0.5) is 0 Å². The molecule has 1 fully saturated rings. The maximum atomic E-state index is 12.9. The Morgan fingerprint density at radius 2 is 1.75 bits per heavy atom. The van der Waals surface area contributed by atoms with Crippen molar-refractivity contribution < 1.29 is 9.59 Å². The maximum absolute atomic E-state index is 12.9. The fraction of sp³-hybridized carbons (Fsp3) is 0.529. The minimum Gasteiger partial charge on any atom is -0.342 e. The molecular formula is C17H23NO2. The number of amides is 1. The van der Waals surface area contributed by atoms with Crippen molar-refractivity contribution in [3.63, 3.8) is 0 Å². The molecule has 20 heavy (non-hydrogen) atoms. The average molecular weight is 273 g/mol. The van der Waals surface area contributed by atoms with Crippen molar-refractivity contribution in [2.75, 3.05) is 13.1 Å². The Morgan fingerprint density at radius 1 is 1.15 bits per heavy atom. The predicted octanol–water partition coefficient (Wildman–Crippen LogP) is 2.79. The third kappa shape index (κ3) is 2.26. The maximum Gasteiger partial charge on any atom is 0.233 e. The van der Waals surface area contributed by atoms with Crippen LogP contribution in [-0.2, 0) is 15.0 Å². The molecule has 2 atom stereocenters. The molecule has 1 aromatic carbocycles. The van der Waals surface area contributed by atoms with E-state index in [2.05, 4.69) is 0 Å². The van der Waals surface area contributed by atoms with Gasteiger partial charge < -0.3 is 4.90 Å². The van der Waals surface area contributed by atoms with Crippen LogP contribution in [0.3, 0.4) is 0 Å². The van der Waals surface area contributed by atoms with E-state index >= 15 is 0 Å². The van der Waals surface area contributed by atoms with Crippen molar-refractivity contribution in [3.05, 3.63) is 35.9 Å². The molecule has 1 saturated carbocycles. The Kier molecular flexibility index (Phi) is 4.26. The number of likely N-dealkylation sites (N-methyl/N-ethyl adjacent to an activating group) is 1. The van der Waals surface area contributed by atoms with Crippen LogP contribution >= 0.6 is 0 Å². The predicted molar refractivity (Wildman–Crippen MR) is 79.5 cm³/mol. The van der Waals surface area contributed by atoms with Crippen molar-refractivity contribution in [1.29, 1.82) is 0 Å². The molecule has 3 nitrogen and oxygen atoms in total. The van der Waals surface area contributed by atoms with Crippen molar-refractivity contribution in [2.45, 2.75) is 39.0 Å². The molecule has 108 valence electrons. The van der Waals surface area contributed by atoms with Crippen LogP contribution in [0.1, 0.15) is 39.2 Å². The van der Waals surface area contributed by atoms with Gasteiger partial charge in [-0.2, -0.15) is 0 Å².